The molecule has 0 saturated heterocycles. The summed E-state index contributed by atoms with van der Waals surface area (Å²) in [6, 6.07) is 5.16. The van der Waals surface area contributed by atoms with Crippen LogP contribution in [-0.4, -0.2) is 36.9 Å². The lowest BCUT2D eigenvalue weighted by Gasteiger charge is -2.18. The Morgan fingerprint density at radius 3 is 2.67 bits per heavy atom. The Balaban J connectivity index is 1.77. The monoisotopic (exact) mass is 321 g/mol. The second-order valence-corrected chi connectivity index (χ2v) is 5.46. The highest BCUT2D eigenvalue weighted by atomic mass is 32.2. The first-order valence-electron chi connectivity index (χ1n) is 6.30. The number of rotatable bonds is 5. The molecule has 116 valence electrons. The largest absolute Gasteiger partial charge is 0.486 e. The van der Waals surface area contributed by atoms with Gasteiger partial charge in [0.05, 0.1) is 6.42 Å². The van der Waals surface area contributed by atoms with Crippen LogP contribution in [0.4, 0.5) is 13.2 Å². The topological polar surface area (TPSA) is 47.6 Å². The zero-order chi connectivity index (χ0) is 15.3. The summed E-state index contributed by atoms with van der Waals surface area (Å²) >= 11 is -0.151. The predicted molar refractivity (Wildman–Crippen MR) is 72.7 cm³/mol. The van der Waals surface area contributed by atoms with Crippen molar-refractivity contribution in [3.63, 3.8) is 0 Å². The number of hydrogen-bond donors (Lipinski definition) is 1. The Morgan fingerprint density at radius 2 is 1.95 bits per heavy atom. The SMILES string of the molecule is O=C(Cc1ccc2c(c1)OCCO2)NCCSC(F)(F)F. The summed E-state index contributed by atoms with van der Waals surface area (Å²) in [5.74, 6) is 0.691. The van der Waals surface area contributed by atoms with Crippen LogP contribution in [0.15, 0.2) is 18.2 Å². The van der Waals surface area contributed by atoms with Gasteiger partial charge in [-0.3, -0.25) is 4.79 Å². The molecule has 1 amide bonds. The van der Waals surface area contributed by atoms with E-state index >= 15 is 0 Å². The van der Waals surface area contributed by atoms with Crippen LogP contribution in [0.5, 0.6) is 11.5 Å². The van der Waals surface area contributed by atoms with Crippen LogP contribution >= 0.6 is 11.8 Å². The van der Waals surface area contributed by atoms with Gasteiger partial charge in [0.2, 0.25) is 5.91 Å². The molecule has 0 atom stereocenters. The number of halogens is 3. The minimum Gasteiger partial charge on any atom is -0.486 e. The summed E-state index contributed by atoms with van der Waals surface area (Å²) in [6.45, 7) is 0.925. The Bertz CT molecular complexity index is 508. The van der Waals surface area contributed by atoms with Gasteiger partial charge < -0.3 is 14.8 Å². The van der Waals surface area contributed by atoms with Crippen molar-refractivity contribution in [3.05, 3.63) is 23.8 Å². The molecule has 0 bridgehead atoms. The summed E-state index contributed by atoms with van der Waals surface area (Å²) in [5, 5.41) is 2.45. The Morgan fingerprint density at radius 1 is 1.24 bits per heavy atom. The van der Waals surface area contributed by atoms with E-state index in [1.165, 1.54) is 0 Å². The second-order valence-electron chi connectivity index (χ2n) is 4.30. The van der Waals surface area contributed by atoms with Crippen LogP contribution in [0.25, 0.3) is 0 Å². The molecule has 1 aliphatic heterocycles. The first-order chi connectivity index (χ1) is 9.94. The second kappa shape index (κ2) is 6.93. The van der Waals surface area contributed by atoms with Gasteiger partial charge in [0.1, 0.15) is 13.2 Å². The third kappa shape index (κ3) is 5.37. The van der Waals surface area contributed by atoms with E-state index in [9.17, 15) is 18.0 Å². The van der Waals surface area contributed by atoms with Gasteiger partial charge in [-0.1, -0.05) is 6.07 Å². The standard InChI is InChI=1S/C13H14F3NO3S/c14-13(15,16)21-6-3-17-12(18)8-9-1-2-10-11(7-9)20-5-4-19-10/h1-2,7H,3-6,8H2,(H,17,18). The molecule has 1 N–H and O–H groups in total. The van der Waals surface area contributed by atoms with Crippen LogP contribution in [0.1, 0.15) is 5.56 Å². The van der Waals surface area contributed by atoms with Gasteiger partial charge in [-0.05, 0) is 29.5 Å². The highest BCUT2D eigenvalue weighted by Crippen LogP contribution is 2.31. The molecule has 8 heteroatoms. The fourth-order valence-electron chi connectivity index (χ4n) is 1.80. The molecule has 0 radical (unpaired) electrons. The number of ether oxygens (including phenoxy) is 2. The molecular weight excluding hydrogens is 307 g/mol. The van der Waals surface area contributed by atoms with Gasteiger partial charge in [-0.2, -0.15) is 13.2 Å². The van der Waals surface area contributed by atoms with Gasteiger partial charge in [-0.15, -0.1) is 0 Å². The minimum absolute atomic E-state index is 0.0203. The lowest BCUT2D eigenvalue weighted by Crippen LogP contribution is -2.28. The van der Waals surface area contributed by atoms with E-state index in [0.29, 0.717) is 24.7 Å². The summed E-state index contributed by atoms with van der Waals surface area (Å²) in [7, 11) is 0. The summed E-state index contributed by atoms with van der Waals surface area (Å²) < 4.78 is 46.5. The quantitative estimate of drug-likeness (QED) is 0.846. The van der Waals surface area contributed by atoms with Gasteiger partial charge >= 0.3 is 5.51 Å². The van der Waals surface area contributed by atoms with Crippen LogP contribution in [0.2, 0.25) is 0 Å². The number of benzene rings is 1. The van der Waals surface area contributed by atoms with Crippen molar-refractivity contribution in [2.75, 3.05) is 25.5 Å². The van der Waals surface area contributed by atoms with E-state index in [-0.39, 0.29) is 36.4 Å². The zero-order valence-corrected chi connectivity index (χ0v) is 11.9. The third-order valence-corrected chi connectivity index (χ3v) is 3.40. The normalized spacial score (nSPS) is 13.9. The summed E-state index contributed by atoms with van der Waals surface area (Å²) in [4.78, 5) is 11.6. The fourth-order valence-corrected chi connectivity index (χ4v) is 2.24. The van der Waals surface area contributed by atoms with Crippen molar-refractivity contribution < 1.29 is 27.4 Å². The van der Waals surface area contributed by atoms with E-state index in [1.807, 2.05) is 0 Å². The highest BCUT2D eigenvalue weighted by molar-refractivity contribution is 8.00. The van der Waals surface area contributed by atoms with Crippen LogP contribution in [-0.2, 0) is 11.2 Å². The van der Waals surface area contributed by atoms with Crippen LogP contribution in [0, 0.1) is 0 Å². The number of fused-ring (bicyclic) bond motifs is 1. The molecule has 4 nitrogen and oxygen atoms in total. The van der Waals surface area contributed by atoms with Gasteiger partial charge in [-0.25, -0.2) is 0 Å². The third-order valence-electron chi connectivity index (χ3n) is 2.66. The molecule has 0 aromatic heterocycles. The predicted octanol–water partition coefficient (Wildman–Crippen LogP) is 2.37. The Hall–Kier alpha value is -1.57. The van der Waals surface area contributed by atoms with Gasteiger partial charge in [0, 0.05) is 12.3 Å². The Kier molecular flexibility index (Phi) is 5.22. The van der Waals surface area contributed by atoms with Crippen molar-refractivity contribution in [2.24, 2.45) is 0 Å². The molecule has 0 fully saturated rings. The van der Waals surface area contributed by atoms with Crippen molar-refractivity contribution in [2.45, 2.75) is 11.9 Å². The van der Waals surface area contributed by atoms with Gasteiger partial charge in [0.25, 0.3) is 0 Å². The highest BCUT2D eigenvalue weighted by Gasteiger charge is 2.27. The summed E-state index contributed by atoms with van der Waals surface area (Å²) in [6.07, 6.45) is 0.0906. The number of carbonyl (C=O) groups is 1. The van der Waals surface area contributed by atoms with Crippen molar-refractivity contribution in [1.82, 2.24) is 5.32 Å². The van der Waals surface area contributed by atoms with Crippen LogP contribution < -0.4 is 14.8 Å². The average Bonchev–Trinajstić information content (AvgIpc) is 2.42. The first kappa shape index (κ1) is 15.8. The molecule has 1 aromatic rings. The molecule has 1 aliphatic rings. The van der Waals surface area contributed by atoms with E-state index < -0.39 is 5.51 Å². The van der Waals surface area contributed by atoms with Crippen molar-refractivity contribution >= 4 is 17.7 Å². The first-order valence-corrected chi connectivity index (χ1v) is 7.28. The smallest absolute Gasteiger partial charge is 0.441 e. The number of carbonyl (C=O) groups excluding carboxylic acids is 1. The van der Waals surface area contributed by atoms with E-state index in [1.54, 1.807) is 18.2 Å². The summed E-state index contributed by atoms with van der Waals surface area (Å²) in [5.41, 5.74) is -3.54. The molecule has 1 aromatic carbocycles. The lowest BCUT2D eigenvalue weighted by molar-refractivity contribution is -0.120. The fraction of sp³-hybridized carbons (Fsp3) is 0.462. The van der Waals surface area contributed by atoms with E-state index in [0.717, 1.165) is 5.56 Å². The van der Waals surface area contributed by atoms with E-state index in [2.05, 4.69) is 5.32 Å². The molecule has 1 heterocycles. The van der Waals surface area contributed by atoms with Crippen molar-refractivity contribution in [3.8, 4) is 11.5 Å². The molecule has 0 aliphatic carbocycles. The average molecular weight is 321 g/mol. The molecule has 21 heavy (non-hydrogen) atoms. The number of amides is 1. The van der Waals surface area contributed by atoms with Gasteiger partial charge in [0.15, 0.2) is 11.5 Å². The molecule has 0 saturated carbocycles. The maximum Gasteiger partial charge on any atom is 0.441 e. The Labute approximate surface area is 124 Å². The number of alkyl halides is 3. The molecule has 0 spiro atoms. The van der Waals surface area contributed by atoms with E-state index in [4.69, 9.17) is 9.47 Å². The number of thioether (sulfide) groups is 1. The minimum atomic E-state index is -4.26. The zero-order valence-electron chi connectivity index (χ0n) is 11.0. The number of hydrogen-bond acceptors (Lipinski definition) is 4. The van der Waals surface area contributed by atoms with Crippen molar-refractivity contribution in [1.29, 1.82) is 0 Å². The molecular formula is C13H14F3NO3S. The molecule has 0 unspecified atom stereocenters. The maximum absolute atomic E-state index is 11.9. The lowest BCUT2D eigenvalue weighted by atomic mass is 10.1. The molecule has 2 rings (SSSR count). The van der Waals surface area contributed by atoms with Crippen LogP contribution in [0.3, 0.4) is 0 Å². The number of nitrogens with one attached hydrogen (secondary N) is 1. The maximum atomic E-state index is 11.9.